The van der Waals surface area contributed by atoms with Gasteiger partial charge in [-0.3, -0.25) is 0 Å². The highest BCUT2D eigenvalue weighted by molar-refractivity contribution is 5.51. The average Bonchev–Trinajstić information content (AvgIpc) is 3.05. The van der Waals surface area contributed by atoms with Gasteiger partial charge in [0.2, 0.25) is 0 Å². The number of hydrogen-bond acceptors (Lipinski definition) is 5. The van der Waals surface area contributed by atoms with E-state index in [2.05, 4.69) is 27.0 Å². The highest BCUT2D eigenvalue weighted by Gasteiger charge is 2.40. The van der Waals surface area contributed by atoms with Crippen molar-refractivity contribution in [2.24, 2.45) is 0 Å². The zero-order valence-electron chi connectivity index (χ0n) is 13.8. The highest BCUT2D eigenvalue weighted by atomic mass is 16.5. The van der Waals surface area contributed by atoms with Crippen molar-refractivity contribution in [2.75, 3.05) is 24.6 Å². The fourth-order valence-corrected chi connectivity index (χ4v) is 3.57. The lowest BCUT2D eigenvalue weighted by Crippen LogP contribution is -2.35. The first kappa shape index (κ1) is 15.4. The van der Waals surface area contributed by atoms with Crippen molar-refractivity contribution in [3.63, 3.8) is 0 Å². The third kappa shape index (κ3) is 2.73. The molecule has 2 heterocycles. The lowest BCUT2D eigenvalue weighted by Gasteiger charge is -2.30. The van der Waals surface area contributed by atoms with E-state index in [0.29, 0.717) is 5.88 Å². The Balaban J connectivity index is 1.58. The summed E-state index contributed by atoms with van der Waals surface area (Å²) in [6.45, 7) is 1.70. The zero-order valence-corrected chi connectivity index (χ0v) is 13.8. The number of aliphatic hydroxyl groups is 1. The van der Waals surface area contributed by atoms with Crippen LogP contribution in [0.1, 0.15) is 31.2 Å². The largest absolute Gasteiger partial charge is 0.472 e. The molecule has 1 aromatic carbocycles. The number of rotatable bonds is 5. The maximum absolute atomic E-state index is 10.1. The molecular formula is C19H23N3O2. The lowest BCUT2D eigenvalue weighted by atomic mass is 9.80. The summed E-state index contributed by atoms with van der Waals surface area (Å²) in [7, 11) is 0. The predicted octanol–water partition coefficient (Wildman–Crippen LogP) is 2.55. The summed E-state index contributed by atoms with van der Waals surface area (Å²) >= 11 is 0. The average molecular weight is 325 g/mol. The normalized spacial score (nSPS) is 24.0. The van der Waals surface area contributed by atoms with Gasteiger partial charge in [-0.15, -0.1) is 0 Å². The molecule has 1 unspecified atom stereocenters. The fraction of sp³-hybridized carbons (Fsp3) is 0.474. The minimum atomic E-state index is -0.244. The van der Waals surface area contributed by atoms with E-state index in [1.54, 1.807) is 12.4 Å². The summed E-state index contributed by atoms with van der Waals surface area (Å²) in [6.07, 6.45) is 7.99. The van der Waals surface area contributed by atoms with Crippen LogP contribution in [0.3, 0.4) is 0 Å². The molecular weight excluding hydrogens is 302 g/mol. The van der Waals surface area contributed by atoms with E-state index < -0.39 is 0 Å². The van der Waals surface area contributed by atoms with Gasteiger partial charge in [0.1, 0.15) is 6.10 Å². The first-order valence-electron chi connectivity index (χ1n) is 8.70. The Morgan fingerprint density at radius 3 is 2.67 bits per heavy atom. The molecule has 5 nitrogen and oxygen atoms in total. The molecule has 1 saturated carbocycles. The molecule has 2 aromatic rings. The van der Waals surface area contributed by atoms with Crippen molar-refractivity contribution in [1.29, 1.82) is 0 Å². The summed E-state index contributed by atoms with van der Waals surface area (Å²) in [6, 6.07) is 10.3. The van der Waals surface area contributed by atoms with Crippen LogP contribution < -0.4 is 9.64 Å². The summed E-state index contributed by atoms with van der Waals surface area (Å²) in [5.41, 5.74) is 0.937. The number of nitrogens with zero attached hydrogens (tertiary/aromatic N) is 3. The van der Waals surface area contributed by atoms with Gasteiger partial charge in [0.15, 0.2) is 5.82 Å². The van der Waals surface area contributed by atoms with Crippen LogP contribution in [-0.4, -0.2) is 40.9 Å². The molecule has 1 aliphatic carbocycles. The number of aromatic nitrogens is 2. The molecule has 0 radical (unpaired) electrons. The van der Waals surface area contributed by atoms with Crippen LogP contribution in [0.5, 0.6) is 5.88 Å². The summed E-state index contributed by atoms with van der Waals surface area (Å²) in [4.78, 5) is 11.1. The van der Waals surface area contributed by atoms with Crippen LogP contribution in [0.25, 0.3) is 0 Å². The van der Waals surface area contributed by atoms with Crippen molar-refractivity contribution in [1.82, 2.24) is 9.97 Å². The molecule has 2 aliphatic rings. The van der Waals surface area contributed by atoms with Gasteiger partial charge in [0, 0.05) is 30.9 Å². The lowest BCUT2D eigenvalue weighted by molar-refractivity contribution is 0.114. The second-order valence-corrected chi connectivity index (χ2v) is 6.83. The summed E-state index contributed by atoms with van der Waals surface area (Å²) < 4.78 is 6.02. The first-order valence-corrected chi connectivity index (χ1v) is 8.70. The van der Waals surface area contributed by atoms with Crippen molar-refractivity contribution < 1.29 is 9.84 Å². The smallest absolute Gasteiger partial charge is 0.257 e. The molecule has 1 saturated heterocycles. The van der Waals surface area contributed by atoms with Gasteiger partial charge in [-0.05, 0) is 31.2 Å². The third-order valence-corrected chi connectivity index (χ3v) is 5.32. The van der Waals surface area contributed by atoms with E-state index in [1.807, 2.05) is 18.2 Å². The van der Waals surface area contributed by atoms with Gasteiger partial charge in [-0.25, -0.2) is 9.97 Å². The molecule has 24 heavy (non-hydrogen) atoms. The van der Waals surface area contributed by atoms with Gasteiger partial charge in [0.25, 0.3) is 5.88 Å². The van der Waals surface area contributed by atoms with E-state index in [1.165, 1.54) is 12.0 Å². The number of aliphatic hydroxyl groups excluding tert-OH is 1. The molecule has 1 N–H and O–H groups in total. The van der Waals surface area contributed by atoms with Crippen molar-refractivity contribution >= 4 is 5.82 Å². The minimum Gasteiger partial charge on any atom is -0.472 e. The van der Waals surface area contributed by atoms with Crippen molar-refractivity contribution in [3.05, 3.63) is 48.3 Å². The number of ether oxygens (including phenoxy) is 1. The summed E-state index contributed by atoms with van der Waals surface area (Å²) in [5.74, 6) is 1.43. The SMILES string of the molecule is OCC1(c2ccccc2)CCN(c2nccnc2OC2CCC2)C1. The van der Waals surface area contributed by atoms with Gasteiger partial charge >= 0.3 is 0 Å². The minimum absolute atomic E-state index is 0.132. The maximum atomic E-state index is 10.1. The number of anilines is 1. The Bertz CT molecular complexity index is 690. The van der Waals surface area contributed by atoms with Crippen LogP contribution in [0.2, 0.25) is 0 Å². The quantitative estimate of drug-likeness (QED) is 0.915. The van der Waals surface area contributed by atoms with Gasteiger partial charge < -0.3 is 14.7 Å². The van der Waals surface area contributed by atoms with Crippen molar-refractivity contribution in [3.8, 4) is 5.88 Å². The van der Waals surface area contributed by atoms with Gasteiger partial charge in [-0.1, -0.05) is 30.3 Å². The van der Waals surface area contributed by atoms with Crippen LogP contribution in [0.15, 0.2) is 42.7 Å². The van der Waals surface area contributed by atoms with Crippen LogP contribution in [0.4, 0.5) is 5.82 Å². The Morgan fingerprint density at radius 1 is 1.17 bits per heavy atom. The molecule has 1 aromatic heterocycles. The Kier molecular flexibility index (Phi) is 4.10. The molecule has 5 heteroatoms. The van der Waals surface area contributed by atoms with E-state index in [9.17, 15) is 5.11 Å². The Morgan fingerprint density at radius 2 is 1.96 bits per heavy atom. The van der Waals surface area contributed by atoms with Crippen molar-refractivity contribution in [2.45, 2.75) is 37.2 Å². The monoisotopic (exact) mass is 325 g/mol. The molecule has 0 bridgehead atoms. The van der Waals surface area contributed by atoms with E-state index >= 15 is 0 Å². The first-order chi connectivity index (χ1) is 11.8. The molecule has 0 amide bonds. The Labute approximate surface area is 142 Å². The molecule has 1 aliphatic heterocycles. The van der Waals surface area contributed by atoms with Crippen LogP contribution in [0, 0.1) is 0 Å². The van der Waals surface area contributed by atoms with Gasteiger partial charge in [0.05, 0.1) is 6.61 Å². The number of hydrogen-bond donors (Lipinski definition) is 1. The molecule has 2 fully saturated rings. The molecule has 4 rings (SSSR count). The van der Waals surface area contributed by atoms with E-state index in [-0.39, 0.29) is 18.1 Å². The summed E-state index contributed by atoms with van der Waals surface area (Å²) in [5, 5.41) is 10.1. The zero-order chi connectivity index (χ0) is 16.4. The van der Waals surface area contributed by atoms with Crippen LogP contribution >= 0.6 is 0 Å². The Hall–Kier alpha value is -2.14. The number of benzene rings is 1. The van der Waals surface area contributed by atoms with E-state index in [0.717, 1.165) is 38.2 Å². The third-order valence-electron chi connectivity index (χ3n) is 5.32. The topological polar surface area (TPSA) is 58.5 Å². The standard InChI is InChI=1S/C19H23N3O2/c23-14-19(15-5-2-1-3-6-15)9-12-22(13-19)17-18(21-11-10-20-17)24-16-7-4-8-16/h1-3,5-6,10-11,16,23H,4,7-9,12-14H2. The van der Waals surface area contributed by atoms with Crippen LogP contribution in [-0.2, 0) is 5.41 Å². The molecule has 0 spiro atoms. The second kappa shape index (κ2) is 6.40. The van der Waals surface area contributed by atoms with Gasteiger partial charge in [-0.2, -0.15) is 0 Å². The molecule has 126 valence electrons. The second-order valence-electron chi connectivity index (χ2n) is 6.83. The predicted molar refractivity (Wildman–Crippen MR) is 92.3 cm³/mol. The van der Waals surface area contributed by atoms with E-state index in [4.69, 9.17) is 4.74 Å². The highest BCUT2D eigenvalue weighted by Crippen LogP contribution is 2.38. The maximum Gasteiger partial charge on any atom is 0.257 e. The fourth-order valence-electron chi connectivity index (χ4n) is 3.57. The molecule has 1 atom stereocenters.